The molecule has 1 aliphatic carbocycles. The minimum absolute atomic E-state index is 0.216. The fourth-order valence-electron chi connectivity index (χ4n) is 5.38. The topological polar surface area (TPSA) is 71.5 Å². The zero-order valence-corrected chi connectivity index (χ0v) is 18.0. The highest BCUT2D eigenvalue weighted by Crippen LogP contribution is 2.32. The fourth-order valence-corrected chi connectivity index (χ4v) is 5.38. The molecule has 4 N–H and O–H groups in total. The fraction of sp³-hybridized carbons (Fsp3) is 0.423. The summed E-state index contributed by atoms with van der Waals surface area (Å²) >= 11 is 0. The van der Waals surface area contributed by atoms with E-state index in [9.17, 15) is 9.90 Å². The van der Waals surface area contributed by atoms with Crippen LogP contribution in [0.5, 0.6) is 5.75 Å². The van der Waals surface area contributed by atoms with Crippen LogP contribution in [0.25, 0.3) is 11.0 Å². The predicted octanol–water partition coefficient (Wildman–Crippen LogP) is 1.69. The van der Waals surface area contributed by atoms with E-state index in [0.717, 1.165) is 67.1 Å². The molecule has 0 amide bonds. The lowest BCUT2D eigenvalue weighted by atomic mass is 9.90. The van der Waals surface area contributed by atoms with Gasteiger partial charge in [0.05, 0.1) is 24.7 Å². The average Bonchev–Trinajstić information content (AvgIpc) is 2.80. The molecule has 1 fully saturated rings. The largest absolute Gasteiger partial charge is 0.507 e. The van der Waals surface area contributed by atoms with Crippen LogP contribution in [0.3, 0.4) is 0 Å². The molecule has 0 atom stereocenters. The van der Waals surface area contributed by atoms with E-state index in [4.69, 9.17) is 4.42 Å². The van der Waals surface area contributed by atoms with Crippen LogP contribution in [-0.2, 0) is 25.9 Å². The number of benzene rings is 2. The van der Waals surface area contributed by atoms with E-state index in [1.807, 2.05) is 6.07 Å². The minimum Gasteiger partial charge on any atom is -0.507 e. The number of phenols is 1. The highest BCUT2D eigenvalue weighted by Gasteiger charge is 2.26. The molecular formula is C26H32N2O3+2. The summed E-state index contributed by atoms with van der Waals surface area (Å²) in [6.07, 6.45) is 6.21. The van der Waals surface area contributed by atoms with E-state index in [2.05, 4.69) is 35.6 Å². The van der Waals surface area contributed by atoms with E-state index in [1.165, 1.54) is 18.7 Å². The van der Waals surface area contributed by atoms with Gasteiger partial charge in [-0.25, -0.2) is 4.79 Å². The van der Waals surface area contributed by atoms with E-state index >= 15 is 0 Å². The average molecular weight is 421 g/mol. The maximum absolute atomic E-state index is 12.6. The van der Waals surface area contributed by atoms with Crippen molar-refractivity contribution >= 4 is 11.0 Å². The molecule has 1 aliphatic heterocycles. The minimum atomic E-state index is -0.216. The molecule has 5 heteroatoms. The summed E-state index contributed by atoms with van der Waals surface area (Å²) in [5.41, 5.74) is 4.52. The molecule has 0 saturated carbocycles. The molecule has 2 aromatic carbocycles. The lowest BCUT2D eigenvalue weighted by Gasteiger charge is -2.28. The predicted molar refractivity (Wildman–Crippen MR) is 120 cm³/mol. The summed E-state index contributed by atoms with van der Waals surface area (Å²) in [5, 5.41) is 13.9. The third-order valence-corrected chi connectivity index (χ3v) is 7.16. The van der Waals surface area contributed by atoms with Crippen molar-refractivity contribution < 1.29 is 19.7 Å². The summed E-state index contributed by atoms with van der Waals surface area (Å²) in [4.78, 5) is 14.2. The van der Waals surface area contributed by atoms with Crippen LogP contribution < -0.4 is 15.8 Å². The third-order valence-electron chi connectivity index (χ3n) is 7.16. The SMILES string of the molecule is O=c1oc2c(C[NH2+]C3CC[NH+](Cc4ccccc4)CC3)c(O)ccc2c2c1CCCC2. The Balaban J connectivity index is 1.28. The van der Waals surface area contributed by atoms with Gasteiger partial charge >= 0.3 is 5.63 Å². The van der Waals surface area contributed by atoms with Gasteiger partial charge in [-0.3, -0.25) is 0 Å². The Morgan fingerprint density at radius 2 is 1.74 bits per heavy atom. The molecule has 2 aliphatic rings. The Kier molecular flexibility index (Phi) is 5.79. The number of hydrogen-bond acceptors (Lipinski definition) is 3. The number of hydrogen-bond donors (Lipinski definition) is 3. The summed E-state index contributed by atoms with van der Waals surface area (Å²) in [5.74, 6) is 0.231. The maximum atomic E-state index is 12.6. The van der Waals surface area contributed by atoms with Gasteiger partial charge in [-0.2, -0.15) is 0 Å². The lowest BCUT2D eigenvalue weighted by Crippen LogP contribution is -3.13. The van der Waals surface area contributed by atoms with Gasteiger partial charge in [-0.15, -0.1) is 0 Å². The first-order valence-corrected chi connectivity index (χ1v) is 11.7. The van der Waals surface area contributed by atoms with Gasteiger partial charge in [0.2, 0.25) is 0 Å². The number of nitrogens with one attached hydrogen (secondary N) is 1. The maximum Gasteiger partial charge on any atom is 0.339 e. The van der Waals surface area contributed by atoms with E-state index in [1.54, 1.807) is 11.0 Å². The van der Waals surface area contributed by atoms with Crippen LogP contribution in [0.4, 0.5) is 0 Å². The van der Waals surface area contributed by atoms with Crippen molar-refractivity contribution in [3.8, 4) is 5.75 Å². The van der Waals surface area contributed by atoms with E-state index in [0.29, 0.717) is 18.2 Å². The molecule has 5 rings (SSSR count). The van der Waals surface area contributed by atoms with Crippen molar-refractivity contribution in [2.75, 3.05) is 13.1 Å². The first-order chi connectivity index (χ1) is 15.2. The van der Waals surface area contributed by atoms with Gasteiger partial charge in [0.25, 0.3) is 0 Å². The number of fused-ring (bicyclic) bond motifs is 3. The van der Waals surface area contributed by atoms with Crippen molar-refractivity contribution in [2.24, 2.45) is 0 Å². The van der Waals surface area contributed by atoms with Crippen LogP contribution in [-0.4, -0.2) is 24.2 Å². The Bertz CT molecular complexity index is 1110. The van der Waals surface area contributed by atoms with Gasteiger partial charge in [0.1, 0.15) is 18.8 Å². The molecule has 0 bridgehead atoms. The second kappa shape index (κ2) is 8.85. The zero-order valence-electron chi connectivity index (χ0n) is 18.0. The Morgan fingerprint density at radius 1 is 1.00 bits per heavy atom. The Hall–Kier alpha value is -2.63. The second-order valence-electron chi connectivity index (χ2n) is 9.18. The molecule has 0 spiro atoms. The summed E-state index contributed by atoms with van der Waals surface area (Å²) in [6, 6.07) is 14.9. The highest BCUT2D eigenvalue weighted by atomic mass is 16.4. The molecule has 31 heavy (non-hydrogen) atoms. The van der Waals surface area contributed by atoms with Crippen LogP contribution in [0.1, 0.15) is 47.9 Å². The third kappa shape index (κ3) is 4.25. The summed E-state index contributed by atoms with van der Waals surface area (Å²) in [6.45, 7) is 4.07. The van der Waals surface area contributed by atoms with Gasteiger partial charge < -0.3 is 19.7 Å². The van der Waals surface area contributed by atoms with Gasteiger partial charge in [0.15, 0.2) is 5.58 Å². The van der Waals surface area contributed by atoms with Crippen molar-refractivity contribution in [2.45, 2.75) is 57.7 Å². The van der Waals surface area contributed by atoms with Crippen molar-refractivity contribution in [1.29, 1.82) is 0 Å². The smallest absolute Gasteiger partial charge is 0.339 e. The zero-order chi connectivity index (χ0) is 21.2. The van der Waals surface area contributed by atoms with Crippen LogP contribution in [0.2, 0.25) is 0 Å². The molecule has 5 nitrogen and oxygen atoms in total. The van der Waals surface area contributed by atoms with Crippen LogP contribution >= 0.6 is 0 Å². The molecule has 3 aromatic rings. The number of aryl methyl sites for hydroxylation is 1. The van der Waals surface area contributed by atoms with Crippen LogP contribution in [0, 0.1) is 0 Å². The molecule has 0 radical (unpaired) electrons. The monoisotopic (exact) mass is 420 g/mol. The van der Waals surface area contributed by atoms with Gasteiger partial charge in [0, 0.05) is 29.4 Å². The van der Waals surface area contributed by atoms with Gasteiger partial charge in [-0.05, 0) is 43.4 Å². The van der Waals surface area contributed by atoms with Crippen LogP contribution in [0.15, 0.2) is 51.7 Å². The Labute approximate surface area is 182 Å². The molecule has 0 unspecified atom stereocenters. The first-order valence-electron chi connectivity index (χ1n) is 11.7. The molecule has 2 heterocycles. The first kappa shape index (κ1) is 20.3. The van der Waals surface area contributed by atoms with Gasteiger partial charge in [-0.1, -0.05) is 30.3 Å². The quantitative estimate of drug-likeness (QED) is 0.550. The number of piperidine rings is 1. The number of phenolic OH excluding ortho intramolecular Hbond substituents is 1. The number of quaternary nitrogens is 2. The normalized spacial score (nSPS) is 21.2. The van der Waals surface area contributed by atoms with Crippen molar-refractivity contribution in [3.05, 3.63) is 75.1 Å². The number of rotatable bonds is 5. The number of likely N-dealkylation sites (tertiary alicyclic amines) is 1. The summed E-state index contributed by atoms with van der Waals surface area (Å²) in [7, 11) is 0. The molecular weight excluding hydrogens is 388 g/mol. The molecule has 1 aromatic heterocycles. The highest BCUT2D eigenvalue weighted by molar-refractivity contribution is 5.86. The number of nitrogens with two attached hydrogens (primary N) is 1. The lowest BCUT2D eigenvalue weighted by molar-refractivity contribution is -0.926. The molecule has 162 valence electrons. The Morgan fingerprint density at radius 3 is 2.52 bits per heavy atom. The standard InChI is InChI=1S/C26H30N2O3/c29-24-11-10-21-20-8-4-5-9-22(20)26(30)31-25(21)23(24)16-27-19-12-14-28(15-13-19)17-18-6-2-1-3-7-18/h1-3,6-7,10-11,19,27,29H,4-5,8-9,12-17H2/p+2. The summed E-state index contributed by atoms with van der Waals surface area (Å²) < 4.78 is 5.76. The van der Waals surface area contributed by atoms with Crippen molar-refractivity contribution in [3.63, 3.8) is 0 Å². The van der Waals surface area contributed by atoms with E-state index in [-0.39, 0.29) is 11.4 Å². The number of aromatic hydroxyl groups is 1. The van der Waals surface area contributed by atoms with Crippen molar-refractivity contribution in [1.82, 2.24) is 0 Å². The van der Waals surface area contributed by atoms with E-state index < -0.39 is 0 Å². The molecule has 1 saturated heterocycles. The second-order valence-corrected chi connectivity index (χ2v) is 9.18.